The number of anilines is 1. The number of pyridine rings is 1. The average Bonchev–Trinajstić information content (AvgIpc) is 2.94. The number of amides is 1. The van der Waals surface area contributed by atoms with Crippen LogP contribution in [0.2, 0.25) is 0 Å². The highest BCUT2D eigenvalue weighted by atomic mass is 19.4. The zero-order valence-electron chi connectivity index (χ0n) is 15.7. The summed E-state index contributed by atoms with van der Waals surface area (Å²) in [6.07, 6.45) is -2.93. The fourth-order valence-corrected chi connectivity index (χ4v) is 3.15. The molecule has 0 bridgehead atoms. The number of aromatic nitrogens is 2. The number of halogens is 3. The van der Waals surface area contributed by atoms with Gasteiger partial charge in [-0.2, -0.15) is 13.2 Å². The summed E-state index contributed by atoms with van der Waals surface area (Å²) in [4.78, 5) is 25.3. The fourth-order valence-electron chi connectivity index (χ4n) is 3.15. The van der Waals surface area contributed by atoms with E-state index in [1.54, 1.807) is 23.9 Å². The largest absolute Gasteiger partial charge is 0.418 e. The lowest BCUT2D eigenvalue weighted by molar-refractivity contribution is -0.136. The predicted molar refractivity (Wildman–Crippen MR) is 101 cm³/mol. The highest BCUT2D eigenvalue weighted by Crippen LogP contribution is 2.34. The number of para-hydroxylation sites is 1. The summed E-state index contributed by atoms with van der Waals surface area (Å²) >= 11 is 0. The zero-order valence-corrected chi connectivity index (χ0v) is 15.7. The van der Waals surface area contributed by atoms with Crippen molar-refractivity contribution in [2.45, 2.75) is 26.6 Å². The molecule has 3 aromatic rings. The maximum Gasteiger partial charge on any atom is 0.418 e. The molecule has 0 unspecified atom stereocenters. The Bertz CT molecular complexity index is 1090. The molecule has 0 radical (unpaired) electrons. The van der Waals surface area contributed by atoms with Crippen LogP contribution in [0.15, 0.2) is 47.4 Å². The van der Waals surface area contributed by atoms with Crippen LogP contribution in [0.25, 0.3) is 10.9 Å². The number of fused-ring (bicyclic) bond motifs is 1. The van der Waals surface area contributed by atoms with Crippen LogP contribution in [0.3, 0.4) is 0 Å². The number of nitrogens with one attached hydrogen (secondary N) is 1. The van der Waals surface area contributed by atoms with Gasteiger partial charge in [-0.1, -0.05) is 26.0 Å². The number of nitrogens with zero attached hydrogens (tertiary/aromatic N) is 2. The number of aryl methyl sites for hydroxylation is 1. The Morgan fingerprint density at radius 3 is 2.50 bits per heavy atom. The minimum Gasteiger partial charge on any atom is -0.339 e. The fraction of sp³-hybridized carbons (Fsp3) is 0.300. The van der Waals surface area contributed by atoms with Crippen LogP contribution in [0.4, 0.5) is 18.9 Å². The molecule has 0 fully saturated rings. The first kappa shape index (κ1) is 19.7. The third kappa shape index (κ3) is 3.67. The molecule has 2 aromatic heterocycles. The van der Waals surface area contributed by atoms with Crippen LogP contribution in [-0.2, 0) is 19.8 Å². The number of rotatable bonds is 4. The molecule has 0 spiro atoms. The quantitative estimate of drug-likeness (QED) is 0.722. The van der Waals surface area contributed by atoms with Crippen LogP contribution >= 0.6 is 0 Å². The Labute approximate surface area is 159 Å². The monoisotopic (exact) mass is 391 g/mol. The van der Waals surface area contributed by atoms with Gasteiger partial charge in [0.25, 0.3) is 11.5 Å². The molecule has 1 N–H and O–H groups in total. The van der Waals surface area contributed by atoms with Gasteiger partial charge in [0.05, 0.1) is 22.2 Å². The third-order valence-electron chi connectivity index (χ3n) is 4.46. The van der Waals surface area contributed by atoms with Crippen LogP contribution in [0.1, 0.15) is 29.9 Å². The summed E-state index contributed by atoms with van der Waals surface area (Å²) in [5.41, 5.74) is -0.856. The Balaban J connectivity index is 2.01. The van der Waals surface area contributed by atoms with Gasteiger partial charge in [0.1, 0.15) is 5.69 Å². The van der Waals surface area contributed by atoms with Gasteiger partial charge in [0.15, 0.2) is 0 Å². The summed E-state index contributed by atoms with van der Waals surface area (Å²) in [5.74, 6) is -0.453. The maximum absolute atomic E-state index is 13.1. The summed E-state index contributed by atoms with van der Waals surface area (Å²) in [5, 5.41) is 2.66. The van der Waals surface area contributed by atoms with Crippen molar-refractivity contribution >= 4 is 22.5 Å². The lowest BCUT2D eigenvalue weighted by Gasteiger charge is -2.13. The van der Waals surface area contributed by atoms with E-state index in [0.717, 1.165) is 6.07 Å². The van der Waals surface area contributed by atoms with Gasteiger partial charge in [-0.05, 0) is 30.2 Å². The molecule has 5 nitrogen and oxygen atoms in total. The van der Waals surface area contributed by atoms with E-state index < -0.39 is 17.6 Å². The molecule has 1 amide bonds. The number of carbonyl (C=O) groups excluding carboxylic acids is 1. The Morgan fingerprint density at radius 1 is 1.18 bits per heavy atom. The molecule has 148 valence electrons. The molecule has 8 heteroatoms. The topological polar surface area (TPSA) is 56.0 Å². The van der Waals surface area contributed by atoms with Gasteiger partial charge in [0.2, 0.25) is 0 Å². The smallest absolute Gasteiger partial charge is 0.339 e. The van der Waals surface area contributed by atoms with Crippen molar-refractivity contribution in [1.82, 2.24) is 9.13 Å². The molecule has 1 aromatic carbocycles. The van der Waals surface area contributed by atoms with Crippen molar-refractivity contribution < 1.29 is 18.0 Å². The molecule has 0 aliphatic heterocycles. The van der Waals surface area contributed by atoms with Crippen molar-refractivity contribution in [2.24, 2.45) is 13.0 Å². The van der Waals surface area contributed by atoms with Gasteiger partial charge in [-0.15, -0.1) is 0 Å². The van der Waals surface area contributed by atoms with E-state index in [1.165, 1.54) is 28.8 Å². The number of hydrogen-bond acceptors (Lipinski definition) is 2. The first-order valence-electron chi connectivity index (χ1n) is 8.76. The average molecular weight is 391 g/mol. The maximum atomic E-state index is 13.1. The lowest BCUT2D eigenvalue weighted by atomic mass is 10.1. The molecule has 3 rings (SSSR count). The summed E-state index contributed by atoms with van der Waals surface area (Å²) in [6, 6.07) is 7.91. The van der Waals surface area contributed by atoms with Crippen LogP contribution in [0, 0.1) is 5.92 Å². The second-order valence-electron chi connectivity index (χ2n) is 7.05. The molecule has 0 saturated carbocycles. The van der Waals surface area contributed by atoms with Gasteiger partial charge in [-0.3, -0.25) is 9.59 Å². The van der Waals surface area contributed by atoms with Crippen LogP contribution in [-0.4, -0.2) is 15.0 Å². The molecule has 0 aliphatic rings. The van der Waals surface area contributed by atoms with E-state index >= 15 is 0 Å². The second kappa shape index (κ2) is 7.18. The highest BCUT2D eigenvalue weighted by Gasteiger charge is 2.33. The van der Waals surface area contributed by atoms with Crippen LogP contribution < -0.4 is 10.9 Å². The van der Waals surface area contributed by atoms with E-state index in [2.05, 4.69) is 5.32 Å². The summed E-state index contributed by atoms with van der Waals surface area (Å²) in [7, 11) is 1.60. The van der Waals surface area contributed by atoms with E-state index in [1.807, 2.05) is 13.8 Å². The standard InChI is InChI=1S/C20H20F3N3O2/c1-12(2)11-26-9-8-16-13(19(26)28)10-17(25(16)3)18(27)24-15-7-5-4-6-14(15)20(21,22)23/h4-10,12H,11H2,1-3H3,(H,24,27). The normalized spacial score (nSPS) is 12.0. The van der Waals surface area contributed by atoms with Crippen molar-refractivity contribution in [2.75, 3.05) is 5.32 Å². The van der Waals surface area contributed by atoms with E-state index in [4.69, 9.17) is 0 Å². The molecule has 0 aliphatic carbocycles. The zero-order chi connectivity index (χ0) is 20.6. The molecular weight excluding hydrogens is 371 g/mol. The van der Waals surface area contributed by atoms with E-state index in [0.29, 0.717) is 17.4 Å². The highest BCUT2D eigenvalue weighted by molar-refractivity contribution is 6.06. The minimum absolute atomic E-state index is 0.103. The second-order valence-corrected chi connectivity index (χ2v) is 7.05. The number of carbonyl (C=O) groups is 1. The van der Waals surface area contributed by atoms with E-state index in [9.17, 15) is 22.8 Å². The van der Waals surface area contributed by atoms with Crippen molar-refractivity contribution in [3.05, 3.63) is 64.2 Å². The Morgan fingerprint density at radius 2 is 1.86 bits per heavy atom. The van der Waals surface area contributed by atoms with Crippen molar-refractivity contribution in [3.8, 4) is 0 Å². The van der Waals surface area contributed by atoms with Gasteiger partial charge < -0.3 is 14.5 Å². The molecule has 28 heavy (non-hydrogen) atoms. The lowest BCUT2D eigenvalue weighted by Crippen LogP contribution is -2.21. The number of hydrogen-bond donors (Lipinski definition) is 1. The van der Waals surface area contributed by atoms with Gasteiger partial charge >= 0.3 is 6.18 Å². The third-order valence-corrected chi connectivity index (χ3v) is 4.46. The first-order valence-corrected chi connectivity index (χ1v) is 8.76. The van der Waals surface area contributed by atoms with Crippen molar-refractivity contribution in [1.29, 1.82) is 0 Å². The van der Waals surface area contributed by atoms with Crippen molar-refractivity contribution in [3.63, 3.8) is 0 Å². The molecule has 2 heterocycles. The van der Waals surface area contributed by atoms with E-state index in [-0.39, 0.29) is 22.9 Å². The SMILES string of the molecule is CC(C)Cn1ccc2c(cc(C(=O)Nc3ccccc3C(F)(F)F)n2C)c1=O. The van der Waals surface area contributed by atoms with Gasteiger partial charge in [-0.25, -0.2) is 0 Å². The molecule has 0 atom stereocenters. The summed E-state index contributed by atoms with van der Waals surface area (Å²) in [6.45, 7) is 4.50. The Kier molecular flexibility index (Phi) is 5.06. The minimum atomic E-state index is -4.59. The Hall–Kier alpha value is -3.03. The first-order chi connectivity index (χ1) is 13.1. The van der Waals surface area contributed by atoms with Crippen LogP contribution in [0.5, 0.6) is 0 Å². The molecular formula is C20H20F3N3O2. The summed E-state index contributed by atoms with van der Waals surface area (Å²) < 4.78 is 42.5. The molecule has 0 saturated heterocycles. The predicted octanol–water partition coefficient (Wildman–Crippen LogP) is 4.27. The van der Waals surface area contributed by atoms with Gasteiger partial charge in [0, 0.05) is 19.8 Å². The number of benzene rings is 1. The number of alkyl halides is 3.